The maximum atomic E-state index is 12.9. The summed E-state index contributed by atoms with van der Waals surface area (Å²) in [6.45, 7) is 1.40. The molecule has 0 bridgehead atoms. The van der Waals surface area contributed by atoms with Crippen LogP contribution in [0.4, 0.5) is 13.2 Å². The van der Waals surface area contributed by atoms with Gasteiger partial charge in [0, 0.05) is 10.0 Å². The van der Waals surface area contributed by atoms with Crippen molar-refractivity contribution >= 4 is 21.7 Å². The summed E-state index contributed by atoms with van der Waals surface area (Å²) in [6, 6.07) is 9.37. The van der Waals surface area contributed by atoms with Gasteiger partial charge < -0.3 is 4.74 Å². The molecule has 0 N–H and O–H groups in total. The third-order valence-electron chi connectivity index (χ3n) is 2.74. The van der Waals surface area contributed by atoms with E-state index in [-0.39, 0.29) is 17.3 Å². The molecule has 0 saturated heterocycles. The van der Waals surface area contributed by atoms with Crippen LogP contribution in [0.5, 0.6) is 11.5 Å². The molecule has 0 aromatic heterocycles. The van der Waals surface area contributed by atoms with E-state index in [2.05, 4.69) is 15.9 Å². The predicted octanol–water partition coefficient (Wildman–Crippen LogP) is 5.46. The largest absolute Gasteiger partial charge is 0.457 e. The van der Waals surface area contributed by atoms with Gasteiger partial charge in [0.25, 0.3) is 0 Å². The number of carbonyl (C=O) groups excluding carboxylic acids is 1. The van der Waals surface area contributed by atoms with Gasteiger partial charge in [0.1, 0.15) is 11.5 Å². The number of Topliss-reactive ketones (excluding diaryl/α,β-unsaturated/α-hetero) is 1. The zero-order chi connectivity index (χ0) is 15.6. The molecule has 21 heavy (non-hydrogen) atoms. The van der Waals surface area contributed by atoms with Crippen molar-refractivity contribution in [3.8, 4) is 11.5 Å². The number of ether oxygens (including phenoxy) is 1. The van der Waals surface area contributed by atoms with Crippen LogP contribution in [-0.4, -0.2) is 5.78 Å². The van der Waals surface area contributed by atoms with Gasteiger partial charge in [0.05, 0.1) is 5.56 Å². The molecule has 0 aliphatic heterocycles. The number of rotatable bonds is 3. The average Bonchev–Trinajstić information content (AvgIpc) is 2.37. The highest BCUT2D eigenvalue weighted by Crippen LogP contribution is 2.38. The summed E-state index contributed by atoms with van der Waals surface area (Å²) in [5, 5.41) is 0. The van der Waals surface area contributed by atoms with Crippen LogP contribution in [0.3, 0.4) is 0 Å². The fourth-order valence-corrected chi connectivity index (χ4v) is 2.40. The lowest BCUT2D eigenvalue weighted by molar-refractivity contribution is -0.138. The molecule has 0 unspecified atom stereocenters. The first kappa shape index (κ1) is 15.6. The lowest BCUT2D eigenvalue weighted by atomic mass is 10.1. The molecule has 2 aromatic rings. The van der Waals surface area contributed by atoms with Crippen molar-refractivity contribution < 1.29 is 22.7 Å². The summed E-state index contributed by atoms with van der Waals surface area (Å²) >= 11 is 3.20. The lowest BCUT2D eigenvalue weighted by Crippen LogP contribution is -2.06. The summed E-state index contributed by atoms with van der Waals surface area (Å²) in [5.41, 5.74) is -0.414. The summed E-state index contributed by atoms with van der Waals surface area (Å²) in [5.74, 6) is -0.222. The van der Waals surface area contributed by atoms with Crippen molar-refractivity contribution in [2.75, 3.05) is 0 Å². The standard InChI is InChI=1S/C15H10BrF3O2/c1-9(20)11-7-6-10(8-13(11)16)21-14-5-3-2-4-12(14)15(17,18)19/h2-8H,1H3. The lowest BCUT2D eigenvalue weighted by Gasteiger charge is -2.14. The second-order valence-corrected chi connectivity index (χ2v) is 5.15. The maximum absolute atomic E-state index is 12.9. The number of benzene rings is 2. The molecule has 0 amide bonds. The van der Waals surface area contributed by atoms with Crippen molar-refractivity contribution in [2.45, 2.75) is 13.1 Å². The van der Waals surface area contributed by atoms with Crippen LogP contribution in [0.15, 0.2) is 46.9 Å². The maximum Gasteiger partial charge on any atom is 0.419 e. The molecule has 6 heteroatoms. The molecule has 0 radical (unpaired) electrons. The molecule has 2 nitrogen and oxygen atoms in total. The quantitative estimate of drug-likeness (QED) is 0.680. The Labute approximate surface area is 127 Å². The number of hydrogen-bond donors (Lipinski definition) is 0. The number of ketones is 1. The van der Waals surface area contributed by atoms with E-state index in [0.29, 0.717) is 10.0 Å². The summed E-state index contributed by atoms with van der Waals surface area (Å²) in [6.07, 6.45) is -4.49. The number of halogens is 4. The highest BCUT2D eigenvalue weighted by molar-refractivity contribution is 9.10. The van der Waals surface area contributed by atoms with Crippen molar-refractivity contribution in [3.63, 3.8) is 0 Å². The summed E-state index contributed by atoms with van der Waals surface area (Å²) < 4.78 is 44.4. The van der Waals surface area contributed by atoms with Crippen molar-refractivity contribution in [2.24, 2.45) is 0 Å². The van der Waals surface area contributed by atoms with E-state index in [1.165, 1.54) is 43.3 Å². The first-order valence-electron chi connectivity index (χ1n) is 5.93. The van der Waals surface area contributed by atoms with Gasteiger partial charge in [-0.15, -0.1) is 0 Å². The molecule has 0 heterocycles. The first-order valence-corrected chi connectivity index (χ1v) is 6.73. The van der Waals surface area contributed by atoms with Gasteiger partial charge in [0.15, 0.2) is 5.78 Å². The molecule has 0 aliphatic rings. The van der Waals surface area contributed by atoms with Crippen LogP contribution < -0.4 is 4.74 Å². The Bertz CT molecular complexity index is 681. The van der Waals surface area contributed by atoms with E-state index in [1.807, 2.05) is 0 Å². The second-order valence-electron chi connectivity index (χ2n) is 4.29. The van der Waals surface area contributed by atoms with Crippen LogP contribution >= 0.6 is 15.9 Å². The normalized spacial score (nSPS) is 11.3. The van der Waals surface area contributed by atoms with Crippen molar-refractivity contribution in [1.82, 2.24) is 0 Å². The van der Waals surface area contributed by atoms with E-state index in [0.717, 1.165) is 6.07 Å². The molecule has 2 rings (SSSR count). The fourth-order valence-electron chi connectivity index (χ4n) is 1.76. The van der Waals surface area contributed by atoms with Gasteiger partial charge in [-0.2, -0.15) is 13.2 Å². The van der Waals surface area contributed by atoms with Crippen LogP contribution in [-0.2, 0) is 6.18 Å². The Morgan fingerprint density at radius 3 is 2.38 bits per heavy atom. The molecule has 0 aliphatic carbocycles. The molecule has 2 aromatic carbocycles. The third kappa shape index (κ3) is 3.64. The molecule has 0 atom stereocenters. The SMILES string of the molecule is CC(=O)c1ccc(Oc2ccccc2C(F)(F)F)cc1Br. The molecular weight excluding hydrogens is 349 g/mol. The average molecular weight is 359 g/mol. The highest BCUT2D eigenvalue weighted by Gasteiger charge is 2.34. The van der Waals surface area contributed by atoms with Gasteiger partial charge in [-0.25, -0.2) is 0 Å². The highest BCUT2D eigenvalue weighted by atomic mass is 79.9. The Hall–Kier alpha value is -1.82. The number of hydrogen-bond acceptors (Lipinski definition) is 2. The molecular formula is C15H10BrF3O2. The van der Waals surface area contributed by atoms with Crippen LogP contribution in [0.25, 0.3) is 0 Å². The number of para-hydroxylation sites is 1. The smallest absolute Gasteiger partial charge is 0.419 e. The molecule has 0 saturated carbocycles. The minimum Gasteiger partial charge on any atom is -0.457 e. The van der Waals surface area contributed by atoms with Gasteiger partial charge in [0.2, 0.25) is 0 Å². The second kappa shape index (κ2) is 5.89. The topological polar surface area (TPSA) is 26.3 Å². The first-order chi connectivity index (χ1) is 9.79. The Balaban J connectivity index is 2.35. The fraction of sp³-hybridized carbons (Fsp3) is 0.133. The minimum atomic E-state index is -4.49. The van der Waals surface area contributed by atoms with Crippen LogP contribution in [0, 0.1) is 0 Å². The monoisotopic (exact) mass is 358 g/mol. The van der Waals surface area contributed by atoms with Gasteiger partial charge in [-0.1, -0.05) is 12.1 Å². The van der Waals surface area contributed by atoms with Crippen LogP contribution in [0.2, 0.25) is 0 Å². The van der Waals surface area contributed by atoms with E-state index < -0.39 is 11.7 Å². The molecule has 0 fully saturated rings. The van der Waals surface area contributed by atoms with Crippen LogP contribution in [0.1, 0.15) is 22.8 Å². The molecule has 110 valence electrons. The summed E-state index contributed by atoms with van der Waals surface area (Å²) in [4.78, 5) is 11.3. The summed E-state index contributed by atoms with van der Waals surface area (Å²) in [7, 11) is 0. The third-order valence-corrected chi connectivity index (χ3v) is 3.40. The predicted molar refractivity (Wildman–Crippen MR) is 75.7 cm³/mol. The van der Waals surface area contributed by atoms with Gasteiger partial charge >= 0.3 is 6.18 Å². The van der Waals surface area contributed by atoms with E-state index >= 15 is 0 Å². The van der Waals surface area contributed by atoms with Gasteiger partial charge in [-0.3, -0.25) is 4.79 Å². The van der Waals surface area contributed by atoms with Crippen molar-refractivity contribution in [3.05, 3.63) is 58.1 Å². The number of alkyl halides is 3. The minimum absolute atomic E-state index is 0.149. The van der Waals surface area contributed by atoms with Crippen molar-refractivity contribution in [1.29, 1.82) is 0 Å². The Morgan fingerprint density at radius 1 is 1.14 bits per heavy atom. The Morgan fingerprint density at radius 2 is 1.81 bits per heavy atom. The number of carbonyl (C=O) groups is 1. The van der Waals surface area contributed by atoms with Gasteiger partial charge in [-0.05, 0) is 53.2 Å². The van der Waals surface area contributed by atoms with E-state index in [9.17, 15) is 18.0 Å². The zero-order valence-electron chi connectivity index (χ0n) is 10.9. The Kier molecular flexibility index (Phi) is 4.37. The van der Waals surface area contributed by atoms with E-state index in [1.54, 1.807) is 0 Å². The molecule has 0 spiro atoms. The van der Waals surface area contributed by atoms with E-state index in [4.69, 9.17) is 4.74 Å². The zero-order valence-corrected chi connectivity index (χ0v) is 12.5.